The number of rotatable bonds is 6. The molecule has 6 heteroatoms. The van der Waals surface area contributed by atoms with E-state index in [4.69, 9.17) is 0 Å². The lowest BCUT2D eigenvalue weighted by molar-refractivity contribution is -0.262. The molecule has 0 saturated heterocycles. The van der Waals surface area contributed by atoms with Crippen LogP contribution in [0.15, 0.2) is 5.16 Å². The van der Waals surface area contributed by atoms with Crippen LogP contribution < -0.4 is 0 Å². The highest BCUT2D eigenvalue weighted by atomic mass is 17.2. The van der Waals surface area contributed by atoms with Gasteiger partial charge in [0.1, 0.15) is 12.9 Å². The first kappa shape index (κ1) is 12.6. The van der Waals surface area contributed by atoms with Crippen molar-refractivity contribution in [3.05, 3.63) is 0 Å². The van der Waals surface area contributed by atoms with Gasteiger partial charge in [-0.25, -0.2) is 4.79 Å². The Morgan fingerprint density at radius 2 is 2.00 bits per heavy atom. The highest BCUT2D eigenvalue weighted by molar-refractivity contribution is 6.39. The van der Waals surface area contributed by atoms with Crippen molar-refractivity contribution in [2.24, 2.45) is 5.16 Å². The number of carbonyl (C=O) groups excluding carboxylic acids is 2. The molecule has 0 aliphatic rings. The van der Waals surface area contributed by atoms with Gasteiger partial charge in [-0.1, -0.05) is 5.16 Å². The molecule has 0 heterocycles. The third-order valence-electron chi connectivity index (χ3n) is 1.11. The number of hydrogen-bond acceptors (Lipinski definition) is 6. The predicted molar refractivity (Wildman–Crippen MR) is 47.5 cm³/mol. The van der Waals surface area contributed by atoms with Gasteiger partial charge < -0.3 is 4.84 Å². The van der Waals surface area contributed by atoms with Crippen molar-refractivity contribution in [1.29, 1.82) is 0 Å². The minimum Gasteiger partial charge on any atom is -0.399 e. The SMILES string of the molecule is CCOOC(=O)/C(CC(C)=O)=N/OC. The van der Waals surface area contributed by atoms with E-state index in [2.05, 4.69) is 19.8 Å². The predicted octanol–water partition coefficient (Wildman–Crippen LogP) is 0.463. The Morgan fingerprint density at radius 1 is 1.36 bits per heavy atom. The molecule has 0 aromatic heterocycles. The van der Waals surface area contributed by atoms with Gasteiger partial charge in [0.25, 0.3) is 0 Å². The molecule has 0 spiro atoms. The third kappa shape index (κ3) is 5.26. The Bertz CT molecular complexity index is 236. The smallest absolute Gasteiger partial charge is 0.390 e. The lowest BCUT2D eigenvalue weighted by Crippen LogP contribution is -2.20. The summed E-state index contributed by atoms with van der Waals surface area (Å²) in [6.07, 6.45) is -0.139. The highest BCUT2D eigenvalue weighted by Gasteiger charge is 2.17. The molecule has 80 valence electrons. The fraction of sp³-hybridized carbons (Fsp3) is 0.625. The van der Waals surface area contributed by atoms with Gasteiger partial charge in [-0.15, -0.1) is 0 Å². The first-order valence-electron chi connectivity index (χ1n) is 4.05. The maximum absolute atomic E-state index is 11.1. The Hall–Kier alpha value is -1.43. The zero-order chi connectivity index (χ0) is 11.0. The van der Waals surface area contributed by atoms with E-state index < -0.39 is 5.97 Å². The molecule has 0 saturated carbocycles. The van der Waals surface area contributed by atoms with Gasteiger partial charge in [0, 0.05) is 0 Å². The maximum atomic E-state index is 11.1. The second kappa shape index (κ2) is 7.02. The van der Waals surface area contributed by atoms with Crippen LogP contribution in [-0.2, 0) is 24.2 Å². The van der Waals surface area contributed by atoms with E-state index in [9.17, 15) is 9.59 Å². The van der Waals surface area contributed by atoms with E-state index >= 15 is 0 Å². The molecule has 6 nitrogen and oxygen atoms in total. The van der Waals surface area contributed by atoms with E-state index in [1.54, 1.807) is 6.92 Å². The van der Waals surface area contributed by atoms with Crippen LogP contribution in [0.4, 0.5) is 0 Å². The number of nitrogens with zero attached hydrogens (tertiary/aromatic N) is 1. The van der Waals surface area contributed by atoms with Gasteiger partial charge in [0.15, 0.2) is 5.71 Å². The van der Waals surface area contributed by atoms with Crippen molar-refractivity contribution in [1.82, 2.24) is 0 Å². The zero-order valence-corrected chi connectivity index (χ0v) is 8.40. The summed E-state index contributed by atoms with van der Waals surface area (Å²) >= 11 is 0. The van der Waals surface area contributed by atoms with E-state index in [-0.39, 0.29) is 24.5 Å². The molecule has 0 radical (unpaired) electrons. The number of oxime groups is 1. The van der Waals surface area contributed by atoms with Crippen molar-refractivity contribution >= 4 is 17.5 Å². The summed E-state index contributed by atoms with van der Waals surface area (Å²) in [6.45, 7) is 3.22. The van der Waals surface area contributed by atoms with Gasteiger partial charge in [-0.05, 0) is 13.8 Å². The average Bonchev–Trinajstić information content (AvgIpc) is 2.13. The van der Waals surface area contributed by atoms with Crippen LogP contribution in [0.25, 0.3) is 0 Å². The Morgan fingerprint density at radius 3 is 2.43 bits per heavy atom. The summed E-state index contributed by atoms with van der Waals surface area (Å²) in [6, 6.07) is 0. The Labute approximate surface area is 81.7 Å². The second-order valence-electron chi connectivity index (χ2n) is 2.38. The van der Waals surface area contributed by atoms with Crippen LogP contribution in [0, 0.1) is 0 Å². The summed E-state index contributed by atoms with van der Waals surface area (Å²) < 4.78 is 0. The molecule has 0 aromatic rings. The highest BCUT2D eigenvalue weighted by Crippen LogP contribution is 1.94. The minimum absolute atomic E-state index is 0.117. The summed E-state index contributed by atoms with van der Waals surface area (Å²) in [7, 11) is 1.27. The van der Waals surface area contributed by atoms with E-state index in [1.165, 1.54) is 14.0 Å². The topological polar surface area (TPSA) is 74.2 Å². The van der Waals surface area contributed by atoms with Crippen LogP contribution in [-0.4, -0.2) is 31.2 Å². The Kier molecular flexibility index (Phi) is 6.30. The molecule has 0 aliphatic carbocycles. The summed E-state index contributed by atoms with van der Waals surface area (Å²) in [5.41, 5.74) is -0.117. The summed E-state index contributed by atoms with van der Waals surface area (Å²) in [4.78, 5) is 34.9. The summed E-state index contributed by atoms with van der Waals surface area (Å²) in [5.74, 6) is -1.03. The van der Waals surface area contributed by atoms with Crippen LogP contribution in [0.5, 0.6) is 0 Å². The molecule has 0 unspecified atom stereocenters. The maximum Gasteiger partial charge on any atom is 0.390 e. The standard InChI is InChI=1S/C8H13NO5/c1-4-13-14-8(11)7(9-12-3)5-6(2)10/h4-5H2,1-3H3/b9-7+. The number of ketones is 1. The van der Waals surface area contributed by atoms with Crippen molar-refractivity contribution in [3.8, 4) is 0 Å². The van der Waals surface area contributed by atoms with Gasteiger partial charge in [0.05, 0.1) is 13.0 Å². The zero-order valence-electron chi connectivity index (χ0n) is 8.40. The van der Waals surface area contributed by atoms with Crippen molar-refractivity contribution in [2.45, 2.75) is 20.3 Å². The van der Waals surface area contributed by atoms with E-state index in [0.717, 1.165) is 0 Å². The van der Waals surface area contributed by atoms with Gasteiger partial charge in [-0.2, -0.15) is 4.89 Å². The molecule has 0 aromatic carbocycles. The van der Waals surface area contributed by atoms with Crippen LogP contribution in [0.1, 0.15) is 20.3 Å². The Balaban J connectivity index is 4.26. The third-order valence-corrected chi connectivity index (χ3v) is 1.11. The second-order valence-corrected chi connectivity index (χ2v) is 2.38. The molecule has 0 fully saturated rings. The first-order valence-corrected chi connectivity index (χ1v) is 4.05. The molecule has 0 rings (SSSR count). The molecule has 0 aliphatic heterocycles. The lowest BCUT2D eigenvalue weighted by Gasteiger charge is -2.02. The van der Waals surface area contributed by atoms with Gasteiger partial charge in [-0.3, -0.25) is 9.68 Å². The van der Waals surface area contributed by atoms with Crippen molar-refractivity contribution in [3.63, 3.8) is 0 Å². The van der Waals surface area contributed by atoms with Crippen molar-refractivity contribution in [2.75, 3.05) is 13.7 Å². The number of Topliss-reactive ketones (excluding diaryl/α,β-unsaturated/α-hetero) is 1. The normalized spacial score (nSPS) is 10.9. The fourth-order valence-electron chi connectivity index (χ4n) is 0.648. The average molecular weight is 203 g/mol. The number of carbonyl (C=O) groups is 2. The largest absolute Gasteiger partial charge is 0.399 e. The van der Waals surface area contributed by atoms with Gasteiger partial charge in [0.2, 0.25) is 0 Å². The van der Waals surface area contributed by atoms with Gasteiger partial charge >= 0.3 is 5.97 Å². The molecular weight excluding hydrogens is 190 g/mol. The van der Waals surface area contributed by atoms with Crippen molar-refractivity contribution < 1.29 is 24.2 Å². The minimum atomic E-state index is -0.816. The fourth-order valence-corrected chi connectivity index (χ4v) is 0.648. The van der Waals surface area contributed by atoms with E-state index in [1.807, 2.05) is 0 Å². The lowest BCUT2D eigenvalue weighted by atomic mass is 10.2. The van der Waals surface area contributed by atoms with Crippen LogP contribution >= 0.6 is 0 Å². The molecular formula is C8H13NO5. The first-order chi connectivity index (χ1) is 6.61. The molecule has 0 amide bonds. The summed E-state index contributed by atoms with van der Waals surface area (Å²) in [5, 5.41) is 3.36. The number of hydrogen-bond donors (Lipinski definition) is 0. The molecule has 0 bridgehead atoms. The molecule has 0 N–H and O–H groups in total. The quantitative estimate of drug-likeness (QED) is 0.356. The monoisotopic (exact) mass is 203 g/mol. The molecule has 0 atom stereocenters. The molecule has 14 heavy (non-hydrogen) atoms. The van der Waals surface area contributed by atoms with Crippen LogP contribution in [0.3, 0.4) is 0 Å². The van der Waals surface area contributed by atoms with E-state index in [0.29, 0.717) is 0 Å². The van der Waals surface area contributed by atoms with Crippen LogP contribution in [0.2, 0.25) is 0 Å².